The maximum atomic E-state index is 12.4. The number of halogens is 1. The molecule has 4 rings (SSSR count). The third-order valence-corrected chi connectivity index (χ3v) is 6.31. The largest absolute Gasteiger partial charge is 0.481 e. The number of hydrogen-bond donors (Lipinski definition) is 2. The van der Waals surface area contributed by atoms with E-state index >= 15 is 0 Å². The molecule has 2 amide bonds. The van der Waals surface area contributed by atoms with Gasteiger partial charge in [-0.2, -0.15) is 0 Å². The van der Waals surface area contributed by atoms with Crippen LogP contribution in [0.25, 0.3) is 10.9 Å². The van der Waals surface area contributed by atoms with Crippen LogP contribution in [-0.2, 0) is 16.0 Å². The van der Waals surface area contributed by atoms with Crippen molar-refractivity contribution in [3.8, 4) is 5.75 Å². The Labute approximate surface area is 197 Å². The number of fused-ring (bicyclic) bond motifs is 1. The molecule has 8 heteroatoms. The molecule has 1 aliphatic rings. The number of piperidine rings is 1. The van der Waals surface area contributed by atoms with Crippen LogP contribution < -0.4 is 15.8 Å². The first-order valence-corrected chi connectivity index (χ1v) is 11.4. The number of pyridine rings is 1. The SMILES string of the molecule is NC(=O)C1CCN(CCc2ccc(NC(=O)COc3ccc(Cl)c4cccnc34)cc2)CC1. The van der Waals surface area contributed by atoms with Crippen molar-refractivity contribution in [2.24, 2.45) is 11.7 Å². The number of nitrogens with one attached hydrogen (secondary N) is 1. The van der Waals surface area contributed by atoms with E-state index in [4.69, 9.17) is 22.1 Å². The topological polar surface area (TPSA) is 97.6 Å². The summed E-state index contributed by atoms with van der Waals surface area (Å²) in [6.07, 6.45) is 4.25. The summed E-state index contributed by atoms with van der Waals surface area (Å²) in [6.45, 7) is 2.62. The van der Waals surface area contributed by atoms with Crippen molar-refractivity contribution < 1.29 is 14.3 Å². The molecule has 3 N–H and O–H groups in total. The van der Waals surface area contributed by atoms with E-state index in [-0.39, 0.29) is 24.3 Å². The van der Waals surface area contributed by atoms with Gasteiger partial charge in [-0.25, -0.2) is 0 Å². The number of nitrogens with zero attached hydrogens (tertiary/aromatic N) is 2. The second kappa shape index (κ2) is 10.6. The fourth-order valence-electron chi connectivity index (χ4n) is 4.05. The van der Waals surface area contributed by atoms with E-state index in [0.717, 1.165) is 44.3 Å². The number of likely N-dealkylation sites (tertiary alicyclic amines) is 1. The van der Waals surface area contributed by atoms with Gasteiger partial charge in [0.05, 0.1) is 5.02 Å². The molecule has 7 nitrogen and oxygen atoms in total. The van der Waals surface area contributed by atoms with Gasteiger partial charge in [0.2, 0.25) is 5.91 Å². The van der Waals surface area contributed by atoms with Gasteiger partial charge in [0.1, 0.15) is 11.3 Å². The molecular formula is C25H27ClN4O3. The average Bonchev–Trinajstić information content (AvgIpc) is 2.83. The Balaban J connectivity index is 1.24. The summed E-state index contributed by atoms with van der Waals surface area (Å²) in [5.41, 5.74) is 7.94. The van der Waals surface area contributed by atoms with Gasteiger partial charge in [0.25, 0.3) is 5.91 Å². The molecule has 2 heterocycles. The van der Waals surface area contributed by atoms with Crippen molar-refractivity contribution >= 4 is 40.0 Å². The summed E-state index contributed by atoms with van der Waals surface area (Å²) in [5, 5.41) is 4.23. The van der Waals surface area contributed by atoms with Gasteiger partial charge < -0.3 is 20.7 Å². The van der Waals surface area contributed by atoms with Crippen LogP contribution in [0.3, 0.4) is 0 Å². The number of benzene rings is 2. The normalized spacial score (nSPS) is 14.8. The number of ether oxygens (including phenoxy) is 1. The molecule has 0 saturated carbocycles. The Hall–Kier alpha value is -3.16. The number of anilines is 1. The number of primary amides is 1. The van der Waals surface area contributed by atoms with Crippen LogP contribution in [0.1, 0.15) is 18.4 Å². The second-order valence-electron chi connectivity index (χ2n) is 8.25. The van der Waals surface area contributed by atoms with Gasteiger partial charge in [-0.15, -0.1) is 0 Å². The molecule has 0 aliphatic carbocycles. The van der Waals surface area contributed by atoms with E-state index in [1.54, 1.807) is 24.4 Å². The monoisotopic (exact) mass is 466 g/mol. The van der Waals surface area contributed by atoms with E-state index in [0.29, 0.717) is 22.0 Å². The molecule has 0 radical (unpaired) electrons. The average molecular weight is 467 g/mol. The molecule has 0 atom stereocenters. The highest BCUT2D eigenvalue weighted by molar-refractivity contribution is 6.35. The number of nitrogens with two attached hydrogens (primary N) is 1. The predicted octanol–water partition coefficient (Wildman–Crippen LogP) is 3.65. The molecule has 1 aliphatic heterocycles. The van der Waals surface area contributed by atoms with Crippen LogP contribution in [0.2, 0.25) is 5.02 Å². The lowest BCUT2D eigenvalue weighted by Gasteiger charge is -2.30. The highest BCUT2D eigenvalue weighted by atomic mass is 35.5. The molecule has 0 bridgehead atoms. The van der Waals surface area contributed by atoms with Crippen molar-refractivity contribution in [2.45, 2.75) is 19.3 Å². The molecule has 172 valence electrons. The Morgan fingerprint density at radius 1 is 1.12 bits per heavy atom. The summed E-state index contributed by atoms with van der Waals surface area (Å²) in [4.78, 5) is 30.3. The minimum Gasteiger partial charge on any atom is -0.481 e. The second-order valence-corrected chi connectivity index (χ2v) is 8.65. The Kier molecular flexibility index (Phi) is 7.42. The highest BCUT2D eigenvalue weighted by Crippen LogP contribution is 2.29. The predicted molar refractivity (Wildman–Crippen MR) is 129 cm³/mol. The quantitative estimate of drug-likeness (QED) is 0.528. The summed E-state index contributed by atoms with van der Waals surface area (Å²) < 4.78 is 5.69. The fourth-order valence-corrected chi connectivity index (χ4v) is 4.27. The van der Waals surface area contributed by atoms with Gasteiger partial charge in [-0.1, -0.05) is 23.7 Å². The zero-order valence-corrected chi connectivity index (χ0v) is 19.1. The Bertz CT molecular complexity index is 1130. The lowest BCUT2D eigenvalue weighted by atomic mass is 9.96. The Morgan fingerprint density at radius 3 is 2.61 bits per heavy atom. The summed E-state index contributed by atoms with van der Waals surface area (Å²) in [7, 11) is 0. The highest BCUT2D eigenvalue weighted by Gasteiger charge is 2.22. The zero-order chi connectivity index (χ0) is 23.2. The van der Waals surface area contributed by atoms with Crippen molar-refractivity contribution in [1.82, 2.24) is 9.88 Å². The molecule has 1 aromatic heterocycles. The summed E-state index contributed by atoms with van der Waals surface area (Å²) in [5.74, 6) is 0.0955. The van der Waals surface area contributed by atoms with Crippen molar-refractivity contribution in [3.05, 3.63) is 65.3 Å². The van der Waals surface area contributed by atoms with Crippen LogP contribution in [0.5, 0.6) is 5.75 Å². The van der Waals surface area contributed by atoms with Gasteiger partial charge in [-0.05, 0) is 74.3 Å². The van der Waals surface area contributed by atoms with Gasteiger partial charge in [0.15, 0.2) is 6.61 Å². The van der Waals surface area contributed by atoms with E-state index in [2.05, 4.69) is 15.2 Å². The Morgan fingerprint density at radius 2 is 1.88 bits per heavy atom. The molecule has 33 heavy (non-hydrogen) atoms. The lowest BCUT2D eigenvalue weighted by Crippen LogP contribution is -2.39. The zero-order valence-electron chi connectivity index (χ0n) is 18.3. The third-order valence-electron chi connectivity index (χ3n) is 5.98. The van der Waals surface area contributed by atoms with Crippen molar-refractivity contribution in [1.29, 1.82) is 0 Å². The summed E-state index contributed by atoms with van der Waals surface area (Å²) in [6, 6.07) is 14.9. The van der Waals surface area contributed by atoms with Crippen molar-refractivity contribution in [3.63, 3.8) is 0 Å². The number of carbonyl (C=O) groups excluding carboxylic acids is 2. The maximum Gasteiger partial charge on any atom is 0.262 e. The third kappa shape index (κ3) is 6.00. The molecule has 2 aromatic carbocycles. The molecule has 0 spiro atoms. The van der Waals surface area contributed by atoms with Crippen LogP contribution in [0.4, 0.5) is 5.69 Å². The van der Waals surface area contributed by atoms with E-state index < -0.39 is 0 Å². The van der Waals surface area contributed by atoms with Gasteiger partial charge in [-0.3, -0.25) is 14.6 Å². The number of aromatic nitrogens is 1. The maximum absolute atomic E-state index is 12.4. The van der Waals surface area contributed by atoms with Crippen LogP contribution in [-0.4, -0.2) is 47.9 Å². The van der Waals surface area contributed by atoms with E-state index in [1.807, 2.05) is 30.3 Å². The molecular weight excluding hydrogens is 440 g/mol. The molecule has 3 aromatic rings. The molecule has 1 fully saturated rings. The smallest absolute Gasteiger partial charge is 0.262 e. The van der Waals surface area contributed by atoms with Gasteiger partial charge >= 0.3 is 0 Å². The van der Waals surface area contributed by atoms with Gasteiger partial charge in [0, 0.05) is 29.7 Å². The standard InChI is InChI=1S/C25H27ClN4O3/c26-21-7-8-22(24-20(21)2-1-12-28-24)33-16-23(31)29-19-5-3-17(4-6-19)9-13-30-14-10-18(11-15-30)25(27)32/h1-8,12,18H,9-11,13-16H2,(H2,27,32)(H,29,31). The first kappa shape index (κ1) is 23.0. The van der Waals surface area contributed by atoms with Crippen molar-refractivity contribution in [2.75, 3.05) is 31.6 Å². The minimum atomic E-state index is -0.251. The summed E-state index contributed by atoms with van der Waals surface area (Å²) >= 11 is 6.20. The van der Waals surface area contributed by atoms with Crippen LogP contribution >= 0.6 is 11.6 Å². The van der Waals surface area contributed by atoms with E-state index in [9.17, 15) is 9.59 Å². The number of carbonyl (C=O) groups is 2. The first-order chi connectivity index (χ1) is 16.0. The lowest BCUT2D eigenvalue weighted by molar-refractivity contribution is -0.123. The first-order valence-electron chi connectivity index (χ1n) is 11.1. The van der Waals surface area contributed by atoms with Crippen LogP contribution in [0, 0.1) is 5.92 Å². The minimum absolute atomic E-state index is 0.0165. The fraction of sp³-hybridized carbons (Fsp3) is 0.320. The molecule has 0 unspecified atom stereocenters. The number of rotatable bonds is 8. The number of hydrogen-bond acceptors (Lipinski definition) is 5. The number of amides is 2. The molecule has 1 saturated heterocycles. The van der Waals surface area contributed by atoms with Crippen LogP contribution in [0.15, 0.2) is 54.7 Å². The van der Waals surface area contributed by atoms with E-state index in [1.165, 1.54) is 5.56 Å².